The summed E-state index contributed by atoms with van der Waals surface area (Å²) in [7, 11) is -2.74. The summed E-state index contributed by atoms with van der Waals surface area (Å²) in [6, 6.07) is 0.0972. The van der Waals surface area contributed by atoms with Crippen molar-refractivity contribution in [2.75, 3.05) is 17.8 Å². The molecule has 3 nitrogen and oxygen atoms in total. The fraction of sp³-hybridized carbons (Fsp3) is 1.00. The second-order valence-corrected chi connectivity index (χ2v) is 5.84. The summed E-state index contributed by atoms with van der Waals surface area (Å²) in [6.45, 7) is 0. The maximum Gasteiger partial charge on any atom is 0.157 e. The highest BCUT2D eigenvalue weighted by molar-refractivity contribution is 8.01. The molecule has 1 aliphatic rings. The minimum absolute atomic E-state index is 0.0972. The second-order valence-electron chi connectivity index (χ2n) is 2.61. The minimum atomic E-state index is -2.74. The van der Waals surface area contributed by atoms with Crippen LogP contribution in [-0.4, -0.2) is 37.5 Å². The van der Waals surface area contributed by atoms with Crippen LogP contribution in [0.4, 0.5) is 0 Å². The standard InChI is InChI=1S/C5H11NO2S2/c1-9-5-3-10(7,8)2-4(5)6/h4-5H,2-3,6H2,1H3/p+1. The molecule has 1 rings (SSSR count). The number of sulfone groups is 1. The fourth-order valence-corrected chi connectivity index (χ4v) is 4.71. The third-order valence-corrected chi connectivity index (χ3v) is 4.89. The highest BCUT2D eigenvalue weighted by Crippen LogP contribution is 2.19. The molecule has 3 N–H and O–H groups in total. The average Bonchev–Trinajstić information content (AvgIpc) is 2.05. The number of rotatable bonds is 1. The third kappa shape index (κ3) is 1.65. The van der Waals surface area contributed by atoms with E-state index < -0.39 is 9.84 Å². The molecule has 0 aromatic carbocycles. The van der Waals surface area contributed by atoms with Gasteiger partial charge in [0.25, 0.3) is 0 Å². The van der Waals surface area contributed by atoms with Gasteiger partial charge in [-0.25, -0.2) is 8.42 Å². The quantitative estimate of drug-likeness (QED) is 0.551. The third-order valence-electron chi connectivity index (χ3n) is 1.71. The lowest BCUT2D eigenvalue weighted by atomic mass is 10.3. The predicted octanol–water partition coefficient (Wildman–Crippen LogP) is -1.24. The first kappa shape index (κ1) is 8.36. The molecule has 1 saturated heterocycles. The molecule has 10 heavy (non-hydrogen) atoms. The Balaban J connectivity index is 2.71. The summed E-state index contributed by atoms with van der Waals surface area (Å²) in [5.41, 5.74) is 3.79. The van der Waals surface area contributed by atoms with E-state index in [1.807, 2.05) is 6.26 Å². The van der Waals surface area contributed by atoms with Gasteiger partial charge in [0.05, 0.1) is 11.0 Å². The van der Waals surface area contributed by atoms with Crippen molar-refractivity contribution in [3.05, 3.63) is 0 Å². The van der Waals surface area contributed by atoms with Crippen molar-refractivity contribution in [3.8, 4) is 0 Å². The SMILES string of the molecule is CSC1CS(=O)(=O)CC1[NH3+]. The maximum absolute atomic E-state index is 11.0. The van der Waals surface area contributed by atoms with E-state index in [-0.39, 0.29) is 17.0 Å². The summed E-state index contributed by atoms with van der Waals surface area (Å²) in [6.07, 6.45) is 1.93. The molecule has 0 aromatic heterocycles. The lowest BCUT2D eigenvalue weighted by Gasteiger charge is -2.04. The van der Waals surface area contributed by atoms with E-state index in [9.17, 15) is 8.42 Å². The van der Waals surface area contributed by atoms with Gasteiger partial charge < -0.3 is 5.73 Å². The van der Waals surface area contributed by atoms with Crippen molar-refractivity contribution < 1.29 is 14.2 Å². The van der Waals surface area contributed by atoms with Gasteiger partial charge in [-0.15, -0.1) is 0 Å². The van der Waals surface area contributed by atoms with Crippen molar-refractivity contribution in [3.63, 3.8) is 0 Å². The first-order chi connectivity index (χ1) is 4.55. The van der Waals surface area contributed by atoms with Gasteiger partial charge in [0.15, 0.2) is 9.84 Å². The van der Waals surface area contributed by atoms with E-state index in [4.69, 9.17) is 0 Å². The Morgan fingerprint density at radius 3 is 2.30 bits per heavy atom. The zero-order valence-electron chi connectivity index (χ0n) is 5.91. The van der Waals surface area contributed by atoms with Crippen LogP contribution in [0.25, 0.3) is 0 Å². The van der Waals surface area contributed by atoms with Crippen LogP contribution < -0.4 is 5.73 Å². The van der Waals surface area contributed by atoms with Gasteiger partial charge in [-0.1, -0.05) is 0 Å². The molecule has 0 aromatic rings. The molecule has 1 heterocycles. The second kappa shape index (κ2) is 2.71. The van der Waals surface area contributed by atoms with Gasteiger partial charge in [0, 0.05) is 0 Å². The Kier molecular flexibility index (Phi) is 2.27. The van der Waals surface area contributed by atoms with Gasteiger partial charge in [-0.3, -0.25) is 0 Å². The lowest BCUT2D eigenvalue weighted by molar-refractivity contribution is -0.408. The van der Waals surface area contributed by atoms with Gasteiger partial charge >= 0.3 is 0 Å². The van der Waals surface area contributed by atoms with E-state index in [0.29, 0.717) is 5.75 Å². The molecule has 60 valence electrons. The molecule has 5 heteroatoms. The largest absolute Gasteiger partial charge is 0.353 e. The molecule has 0 saturated carbocycles. The van der Waals surface area contributed by atoms with E-state index in [0.717, 1.165) is 0 Å². The molecule has 0 spiro atoms. The van der Waals surface area contributed by atoms with Crippen molar-refractivity contribution in [2.24, 2.45) is 0 Å². The molecule has 0 amide bonds. The van der Waals surface area contributed by atoms with Crippen LogP contribution in [0.2, 0.25) is 0 Å². The van der Waals surface area contributed by atoms with Crippen LogP contribution in [0, 0.1) is 0 Å². The van der Waals surface area contributed by atoms with Crippen molar-refractivity contribution in [1.29, 1.82) is 0 Å². The van der Waals surface area contributed by atoms with Crippen LogP contribution >= 0.6 is 11.8 Å². The Morgan fingerprint density at radius 1 is 1.50 bits per heavy atom. The molecule has 1 aliphatic heterocycles. The van der Waals surface area contributed by atoms with Gasteiger partial charge in [0.2, 0.25) is 0 Å². The van der Waals surface area contributed by atoms with Crippen LogP contribution in [0.15, 0.2) is 0 Å². The molecule has 1 fully saturated rings. The summed E-state index contributed by atoms with van der Waals surface area (Å²) >= 11 is 1.60. The Morgan fingerprint density at radius 2 is 2.10 bits per heavy atom. The van der Waals surface area contributed by atoms with Gasteiger partial charge in [0.1, 0.15) is 11.8 Å². The Labute approximate surface area is 65.3 Å². The van der Waals surface area contributed by atoms with Crippen LogP contribution in [0.1, 0.15) is 0 Å². The minimum Gasteiger partial charge on any atom is -0.353 e. The smallest absolute Gasteiger partial charge is 0.157 e. The van der Waals surface area contributed by atoms with Crippen molar-refractivity contribution >= 4 is 21.6 Å². The number of thioether (sulfide) groups is 1. The maximum atomic E-state index is 11.0. The van der Waals surface area contributed by atoms with E-state index >= 15 is 0 Å². The van der Waals surface area contributed by atoms with E-state index in [1.54, 1.807) is 11.8 Å². The number of quaternary nitrogens is 1. The Bertz CT molecular complexity index is 212. The van der Waals surface area contributed by atoms with Crippen molar-refractivity contribution in [1.82, 2.24) is 0 Å². The zero-order chi connectivity index (χ0) is 7.78. The fourth-order valence-electron chi connectivity index (χ4n) is 1.15. The Hall–Kier alpha value is 0.260. The number of hydrogen-bond donors (Lipinski definition) is 1. The molecule has 2 atom stereocenters. The highest BCUT2D eigenvalue weighted by atomic mass is 32.2. The van der Waals surface area contributed by atoms with Crippen molar-refractivity contribution in [2.45, 2.75) is 11.3 Å². The zero-order valence-corrected chi connectivity index (χ0v) is 7.54. The summed E-state index contributed by atoms with van der Waals surface area (Å²) in [4.78, 5) is 0. The molecular weight excluding hydrogens is 170 g/mol. The van der Waals surface area contributed by atoms with Crippen LogP contribution in [0.3, 0.4) is 0 Å². The first-order valence-corrected chi connectivity index (χ1v) is 6.22. The highest BCUT2D eigenvalue weighted by Gasteiger charge is 2.37. The normalized spacial score (nSPS) is 38.2. The summed E-state index contributed by atoms with van der Waals surface area (Å²) < 4.78 is 21.9. The molecule has 0 radical (unpaired) electrons. The molecule has 2 unspecified atom stereocenters. The predicted molar refractivity (Wildman–Crippen MR) is 42.6 cm³/mol. The molecule has 0 aliphatic carbocycles. The molecule has 0 bridgehead atoms. The summed E-state index contributed by atoms with van der Waals surface area (Å²) in [5.74, 6) is 0.598. The van der Waals surface area contributed by atoms with Crippen LogP contribution in [0.5, 0.6) is 0 Å². The van der Waals surface area contributed by atoms with E-state index in [1.165, 1.54) is 0 Å². The summed E-state index contributed by atoms with van der Waals surface area (Å²) in [5, 5.41) is 0.227. The lowest BCUT2D eigenvalue weighted by Crippen LogP contribution is -2.65. The van der Waals surface area contributed by atoms with Gasteiger partial charge in [-0.05, 0) is 6.26 Å². The van der Waals surface area contributed by atoms with E-state index in [2.05, 4.69) is 5.73 Å². The first-order valence-electron chi connectivity index (χ1n) is 3.11. The van der Waals surface area contributed by atoms with Gasteiger partial charge in [-0.2, -0.15) is 11.8 Å². The number of hydrogen-bond acceptors (Lipinski definition) is 3. The average molecular weight is 182 g/mol. The topological polar surface area (TPSA) is 61.8 Å². The monoisotopic (exact) mass is 182 g/mol. The molecular formula is C5H12NO2S2+. The van der Waals surface area contributed by atoms with Crippen LogP contribution in [-0.2, 0) is 9.84 Å².